The molecule has 0 heterocycles. The van der Waals surface area contributed by atoms with Crippen LogP contribution in [0.2, 0.25) is 0 Å². The summed E-state index contributed by atoms with van der Waals surface area (Å²) in [4.78, 5) is 22.3. The number of nitro benzene ring substituents is 1. The van der Waals surface area contributed by atoms with E-state index in [0.29, 0.717) is 5.56 Å². The number of rotatable bonds is 3. The fraction of sp³-hybridized carbons (Fsp3) is 0. The van der Waals surface area contributed by atoms with Crippen LogP contribution in [-0.4, -0.2) is 10.7 Å². The van der Waals surface area contributed by atoms with Crippen molar-refractivity contribution in [3.8, 4) is 0 Å². The Hall–Kier alpha value is -2.49. The van der Waals surface area contributed by atoms with Crippen molar-refractivity contribution in [3.63, 3.8) is 0 Å². The van der Waals surface area contributed by atoms with Crippen molar-refractivity contribution in [2.75, 3.05) is 0 Å². The average molecular weight is 227 g/mol. The Morgan fingerprint density at radius 1 is 0.941 bits per heavy atom. The van der Waals surface area contributed by atoms with Crippen molar-refractivity contribution < 1.29 is 9.72 Å². The van der Waals surface area contributed by atoms with E-state index in [4.69, 9.17) is 0 Å². The number of carbonyl (C=O) groups excluding carboxylic acids is 1. The molecule has 0 spiro atoms. The van der Waals surface area contributed by atoms with E-state index in [1.807, 2.05) is 0 Å². The standard InChI is InChI=1S/C13H9NO3/c15-13(10-6-2-1-3-7-10)11-8-4-5-9-12(11)14(16)17/h1-9H. The first kappa shape index (κ1) is 11.0. The van der Waals surface area contributed by atoms with Crippen LogP contribution in [0.4, 0.5) is 5.69 Å². The number of para-hydroxylation sites is 1. The summed E-state index contributed by atoms with van der Waals surface area (Å²) in [5.74, 6) is -0.335. The van der Waals surface area contributed by atoms with Crippen LogP contribution in [-0.2, 0) is 0 Å². The molecule has 2 aromatic rings. The molecule has 17 heavy (non-hydrogen) atoms. The highest BCUT2D eigenvalue weighted by molar-refractivity contribution is 6.11. The predicted octanol–water partition coefficient (Wildman–Crippen LogP) is 2.83. The van der Waals surface area contributed by atoms with Crippen LogP contribution in [0, 0.1) is 10.1 Å². The van der Waals surface area contributed by atoms with Crippen LogP contribution in [0.5, 0.6) is 0 Å². The number of nitrogens with zero attached hydrogens (tertiary/aromatic N) is 1. The molecule has 0 saturated heterocycles. The Kier molecular flexibility index (Phi) is 2.96. The average Bonchev–Trinajstić information content (AvgIpc) is 2.39. The molecule has 0 N–H and O–H groups in total. The Morgan fingerprint density at radius 3 is 2.18 bits per heavy atom. The second kappa shape index (κ2) is 4.57. The van der Waals surface area contributed by atoms with Crippen molar-refractivity contribution >= 4 is 11.5 Å². The number of hydrogen-bond donors (Lipinski definition) is 0. The summed E-state index contributed by atoms with van der Waals surface area (Å²) in [6, 6.07) is 14.5. The van der Waals surface area contributed by atoms with Gasteiger partial charge in [-0.1, -0.05) is 42.5 Å². The Balaban J connectivity index is 2.48. The number of ketones is 1. The number of hydrogen-bond acceptors (Lipinski definition) is 3. The van der Waals surface area contributed by atoms with Gasteiger partial charge in [0, 0.05) is 11.6 Å². The first-order valence-electron chi connectivity index (χ1n) is 5.03. The van der Waals surface area contributed by atoms with Crippen molar-refractivity contribution in [3.05, 3.63) is 75.8 Å². The molecule has 0 aromatic heterocycles. The summed E-state index contributed by atoms with van der Waals surface area (Å²) in [7, 11) is 0. The molecular weight excluding hydrogens is 218 g/mol. The lowest BCUT2D eigenvalue weighted by Gasteiger charge is -2.01. The van der Waals surface area contributed by atoms with Gasteiger partial charge in [0.1, 0.15) is 5.56 Å². The molecule has 0 amide bonds. The van der Waals surface area contributed by atoms with E-state index in [2.05, 4.69) is 0 Å². The van der Waals surface area contributed by atoms with Crippen molar-refractivity contribution in [2.24, 2.45) is 0 Å². The highest BCUT2D eigenvalue weighted by Crippen LogP contribution is 2.20. The quantitative estimate of drug-likeness (QED) is 0.460. The Morgan fingerprint density at radius 2 is 1.53 bits per heavy atom. The van der Waals surface area contributed by atoms with Gasteiger partial charge in [0.05, 0.1) is 4.92 Å². The molecule has 0 bridgehead atoms. The van der Waals surface area contributed by atoms with Gasteiger partial charge in [-0.3, -0.25) is 14.9 Å². The summed E-state index contributed by atoms with van der Waals surface area (Å²) >= 11 is 0. The molecule has 0 saturated carbocycles. The van der Waals surface area contributed by atoms with E-state index in [1.165, 1.54) is 12.1 Å². The van der Waals surface area contributed by atoms with Gasteiger partial charge in [-0.2, -0.15) is 0 Å². The van der Waals surface area contributed by atoms with Gasteiger partial charge in [-0.05, 0) is 6.07 Å². The summed E-state index contributed by atoms with van der Waals surface area (Å²) in [5.41, 5.74) is 0.395. The molecule has 4 nitrogen and oxygen atoms in total. The maximum absolute atomic E-state index is 12.1. The van der Waals surface area contributed by atoms with Crippen LogP contribution in [0.3, 0.4) is 0 Å². The van der Waals surface area contributed by atoms with Crippen LogP contribution in [0.15, 0.2) is 54.6 Å². The van der Waals surface area contributed by atoms with Gasteiger partial charge < -0.3 is 0 Å². The fourth-order valence-electron chi connectivity index (χ4n) is 1.57. The smallest absolute Gasteiger partial charge is 0.280 e. The number of carbonyl (C=O) groups is 1. The number of nitro groups is 1. The lowest BCUT2D eigenvalue weighted by atomic mass is 10.0. The third-order valence-corrected chi connectivity index (χ3v) is 2.38. The summed E-state index contributed by atoms with van der Waals surface area (Å²) in [6.07, 6.45) is 0. The normalized spacial score (nSPS) is 9.88. The van der Waals surface area contributed by atoms with E-state index in [0.717, 1.165) is 0 Å². The van der Waals surface area contributed by atoms with E-state index >= 15 is 0 Å². The van der Waals surface area contributed by atoms with Gasteiger partial charge in [-0.15, -0.1) is 0 Å². The molecule has 4 heteroatoms. The lowest BCUT2D eigenvalue weighted by molar-refractivity contribution is -0.385. The van der Waals surface area contributed by atoms with Crippen molar-refractivity contribution in [1.29, 1.82) is 0 Å². The van der Waals surface area contributed by atoms with Crippen LogP contribution < -0.4 is 0 Å². The van der Waals surface area contributed by atoms with Gasteiger partial charge in [0.2, 0.25) is 0 Å². The van der Waals surface area contributed by atoms with E-state index < -0.39 is 4.92 Å². The second-order valence-electron chi connectivity index (χ2n) is 3.47. The highest BCUT2D eigenvalue weighted by atomic mass is 16.6. The third-order valence-electron chi connectivity index (χ3n) is 2.38. The highest BCUT2D eigenvalue weighted by Gasteiger charge is 2.19. The maximum atomic E-state index is 12.1. The zero-order chi connectivity index (χ0) is 12.3. The molecule has 2 aromatic carbocycles. The summed E-state index contributed by atoms with van der Waals surface area (Å²) < 4.78 is 0. The van der Waals surface area contributed by atoms with Crippen LogP contribution in [0.1, 0.15) is 15.9 Å². The maximum Gasteiger partial charge on any atom is 0.280 e. The topological polar surface area (TPSA) is 60.2 Å². The third kappa shape index (κ3) is 2.20. The predicted molar refractivity (Wildman–Crippen MR) is 63.0 cm³/mol. The van der Waals surface area contributed by atoms with Gasteiger partial charge in [0.25, 0.3) is 5.69 Å². The lowest BCUT2D eigenvalue weighted by Crippen LogP contribution is -2.04. The molecule has 84 valence electrons. The molecule has 0 aliphatic carbocycles. The van der Waals surface area contributed by atoms with Gasteiger partial charge >= 0.3 is 0 Å². The summed E-state index contributed by atoms with van der Waals surface area (Å²) in [5, 5.41) is 10.8. The van der Waals surface area contributed by atoms with E-state index in [-0.39, 0.29) is 17.0 Å². The number of benzene rings is 2. The molecule has 0 atom stereocenters. The Labute approximate surface area is 97.7 Å². The second-order valence-corrected chi connectivity index (χ2v) is 3.47. The minimum Gasteiger partial charge on any atom is -0.288 e. The van der Waals surface area contributed by atoms with Crippen molar-refractivity contribution in [2.45, 2.75) is 0 Å². The SMILES string of the molecule is O=C(c1ccccc1)c1ccccc1[N+](=O)[O-]. The molecule has 0 aliphatic rings. The van der Waals surface area contributed by atoms with Crippen LogP contribution in [0.25, 0.3) is 0 Å². The minimum atomic E-state index is -0.545. The van der Waals surface area contributed by atoms with Crippen LogP contribution >= 0.6 is 0 Å². The molecule has 0 fully saturated rings. The minimum absolute atomic E-state index is 0.115. The van der Waals surface area contributed by atoms with Gasteiger partial charge in [-0.25, -0.2) is 0 Å². The van der Waals surface area contributed by atoms with E-state index in [9.17, 15) is 14.9 Å². The first-order valence-corrected chi connectivity index (χ1v) is 5.03. The van der Waals surface area contributed by atoms with E-state index in [1.54, 1.807) is 42.5 Å². The molecular formula is C13H9NO3. The molecule has 0 unspecified atom stereocenters. The molecule has 0 radical (unpaired) electrons. The monoisotopic (exact) mass is 227 g/mol. The Bertz CT molecular complexity index is 564. The largest absolute Gasteiger partial charge is 0.288 e. The first-order chi connectivity index (χ1) is 8.20. The zero-order valence-corrected chi connectivity index (χ0v) is 8.87. The molecule has 0 aliphatic heterocycles. The summed E-state index contributed by atoms with van der Waals surface area (Å²) in [6.45, 7) is 0. The van der Waals surface area contributed by atoms with Gasteiger partial charge in [0.15, 0.2) is 5.78 Å². The molecule has 2 rings (SSSR count). The fourth-order valence-corrected chi connectivity index (χ4v) is 1.57. The zero-order valence-electron chi connectivity index (χ0n) is 8.87. The van der Waals surface area contributed by atoms with Crippen molar-refractivity contribution in [1.82, 2.24) is 0 Å².